The zero-order valence-electron chi connectivity index (χ0n) is 19.4. The summed E-state index contributed by atoms with van der Waals surface area (Å²) in [5, 5.41) is 22.0. The van der Waals surface area contributed by atoms with E-state index in [1.165, 1.54) is 12.1 Å². The lowest BCUT2D eigenvalue weighted by Gasteiger charge is -2.12. The van der Waals surface area contributed by atoms with Crippen LogP contribution in [-0.4, -0.2) is 24.1 Å². The molecule has 37 heavy (non-hydrogen) atoms. The van der Waals surface area contributed by atoms with E-state index in [4.69, 9.17) is 5.14 Å². The van der Waals surface area contributed by atoms with E-state index >= 15 is 0 Å². The van der Waals surface area contributed by atoms with Gasteiger partial charge in [0, 0.05) is 22.7 Å². The highest BCUT2D eigenvalue weighted by Gasteiger charge is 2.20. The van der Waals surface area contributed by atoms with E-state index in [1.807, 2.05) is 84.9 Å². The van der Waals surface area contributed by atoms with Crippen LogP contribution in [0.25, 0.3) is 27.8 Å². The first-order valence-corrected chi connectivity index (χ1v) is 12.7. The Bertz CT molecular complexity index is 1750. The second-order valence-electron chi connectivity index (χ2n) is 8.17. The van der Waals surface area contributed by atoms with Gasteiger partial charge in [-0.25, -0.2) is 13.6 Å². The predicted molar refractivity (Wildman–Crippen MR) is 144 cm³/mol. The highest BCUT2D eigenvalue weighted by atomic mass is 32.2. The van der Waals surface area contributed by atoms with Crippen molar-refractivity contribution in [2.24, 2.45) is 10.2 Å². The van der Waals surface area contributed by atoms with Crippen LogP contribution >= 0.6 is 0 Å². The molecule has 0 spiro atoms. The van der Waals surface area contributed by atoms with Gasteiger partial charge in [0.1, 0.15) is 5.69 Å². The smallest absolute Gasteiger partial charge is 0.295 e. The molecule has 0 fully saturated rings. The second kappa shape index (κ2) is 9.69. The monoisotopic (exact) mass is 511 g/mol. The fourth-order valence-corrected chi connectivity index (χ4v) is 4.76. The third-order valence-electron chi connectivity index (χ3n) is 5.85. The molecule has 5 rings (SSSR count). The number of benzene rings is 4. The van der Waals surface area contributed by atoms with E-state index < -0.39 is 20.6 Å². The molecule has 184 valence electrons. The molecule has 4 aromatic carbocycles. The molecule has 0 aliphatic heterocycles. The van der Waals surface area contributed by atoms with Crippen LogP contribution in [0.3, 0.4) is 0 Å². The number of sulfonamides is 1. The summed E-state index contributed by atoms with van der Waals surface area (Å²) in [7, 11) is -4.10. The average Bonchev–Trinajstić information content (AvgIpc) is 3.23. The minimum Gasteiger partial charge on any atom is -0.309 e. The maximum Gasteiger partial charge on any atom is 0.295 e. The number of hydrogen-bond acceptors (Lipinski definition) is 6. The van der Waals surface area contributed by atoms with E-state index in [-0.39, 0.29) is 10.6 Å². The first kappa shape index (κ1) is 23.9. The Hall–Kier alpha value is -4.80. The van der Waals surface area contributed by atoms with Crippen molar-refractivity contribution in [3.63, 3.8) is 0 Å². The Morgan fingerprint density at radius 3 is 2.22 bits per heavy atom. The quantitative estimate of drug-likeness (QED) is 0.174. The minimum absolute atomic E-state index is 0.0294. The predicted octanol–water partition coefficient (Wildman–Crippen LogP) is 5.30. The number of primary sulfonamides is 1. The number of anilines is 1. The number of fused-ring (bicyclic) bond motifs is 1. The first-order chi connectivity index (χ1) is 17.8. The van der Waals surface area contributed by atoms with Crippen molar-refractivity contribution in [3.8, 4) is 16.9 Å². The number of hydrazone groups is 1. The SMILES string of the molecule is NS(=O)(=O)c1ccc(N/N=C\c2c(-c3ccccc3)n(-c3ccccc3)c3ccccc23)c([N+](=O)[O-])c1. The van der Waals surface area contributed by atoms with Gasteiger partial charge in [-0.2, -0.15) is 5.10 Å². The largest absolute Gasteiger partial charge is 0.309 e. The minimum atomic E-state index is -4.10. The summed E-state index contributed by atoms with van der Waals surface area (Å²) in [5.74, 6) is 0. The number of aromatic nitrogens is 1. The molecule has 9 nitrogen and oxygen atoms in total. The van der Waals surface area contributed by atoms with Gasteiger partial charge >= 0.3 is 0 Å². The third-order valence-corrected chi connectivity index (χ3v) is 6.76. The van der Waals surface area contributed by atoms with Gasteiger partial charge in [-0.3, -0.25) is 15.5 Å². The fraction of sp³-hybridized carbons (Fsp3) is 0. The van der Waals surface area contributed by atoms with Crippen molar-refractivity contribution < 1.29 is 13.3 Å². The van der Waals surface area contributed by atoms with Crippen LogP contribution in [0.5, 0.6) is 0 Å². The van der Waals surface area contributed by atoms with Crippen molar-refractivity contribution in [2.45, 2.75) is 4.90 Å². The number of rotatable bonds is 7. The number of nitrogens with two attached hydrogens (primary N) is 1. The lowest BCUT2D eigenvalue weighted by molar-refractivity contribution is -0.384. The molecular formula is C27H21N5O4S. The van der Waals surface area contributed by atoms with Crippen LogP contribution in [0.4, 0.5) is 11.4 Å². The molecule has 0 aliphatic rings. The maximum absolute atomic E-state index is 11.6. The Kier molecular flexibility index (Phi) is 6.26. The lowest BCUT2D eigenvalue weighted by Crippen LogP contribution is -2.12. The third kappa shape index (κ3) is 4.70. The summed E-state index contributed by atoms with van der Waals surface area (Å²) in [6.07, 6.45) is 1.61. The number of nitro benzene ring substituents is 1. The van der Waals surface area contributed by atoms with Crippen LogP contribution in [0, 0.1) is 10.1 Å². The summed E-state index contributed by atoms with van der Waals surface area (Å²) in [6, 6.07) is 31.1. The van der Waals surface area contributed by atoms with Gasteiger partial charge in [-0.05, 0) is 35.9 Å². The molecule has 1 heterocycles. The van der Waals surface area contributed by atoms with Crippen molar-refractivity contribution in [2.75, 3.05) is 5.43 Å². The number of nitrogens with one attached hydrogen (secondary N) is 1. The van der Waals surface area contributed by atoms with Gasteiger partial charge in [0.05, 0.1) is 27.2 Å². The molecule has 0 bridgehead atoms. The highest BCUT2D eigenvalue weighted by Crippen LogP contribution is 2.35. The number of nitro groups is 1. The van der Waals surface area contributed by atoms with Crippen LogP contribution in [0.2, 0.25) is 0 Å². The lowest BCUT2D eigenvalue weighted by atomic mass is 10.1. The summed E-state index contributed by atoms with van der Waals surface area (Å²) in [6.45, 7) is 0. The van der Waals surface area contributed by atoms with Crippen LogP contribution in [-0.2, 0) is 10.0 Å². The highest BCUT2D eigenvalue weighted by molar-refractivity contribution is 7.89. The van der Waals surface area contributed by atoms with E-state index in [0.29, 0.717) is 0 Å². The Balaban J connectivity index is 1.65. The molecule has 0 radical (unpaired) electrons. The summed E-state index contributed by atoms with van der Waals surface area (Å²) in [4.78, 5) is 10.5. The fourth-order valence-electron chi connectivity index (χ4n) is 4.22. The molecule has 10 heteroatoms. The standard InChI is InChI=1S/C27H21N5O4S/c28-37(35,36)21-15-16-24(26(17-21)32(33)34)30-29-18-23-22-13-7-8-14-25(22)31(20-11-5-2-6-12-20)27(23)19-9-3-1-4-10-19/h1-18,30H,(H2,28,35,36)/b29-18-. The van der Waals surface area contributed by atoms with Crippen molar-refractivity contribution >= 4 is 38.5 Å². The van der Waals surface area contributed by atoms with Gasteiger partial charge in [0.2, 0.25) is 10.0 Å². The van der Waals surface area contributed by atoms with Gasteiger partial charge in [0.15, 0.2) is 0 Å². The molecule has 1 aromatic heterocycles. The molecule has 0 saturated carbocycles. The van der Waals surface area contributed by atoms with Gasteiger partial charge in [-0.15, -0.1) is 0 Å². The topological polar surface area (TPSA) is 133 Å². The van der Waals surface area contributed by atoms with E-state index in [9.17, 15) is 18.5 Å². The zero-order chi connectivity index (χ0) is 26.0. The van der Waals surface area contributed by atoms with Crippen LogP contribution < -0.4 is 10.6 Å². The molecule has 0 saturated heterocycles. The van der Waals surface area contributed by atoms with Gasteiger partial charge < -0.3 is 4.57 Å². The Morgan fingerprint density at radius 1 is 0.892 bits per heavy atom. The Morgan fingerprint density at radius 2 is 1.54 bits per heavy atom. The van der Waals surface area contributed by atoms with Gasteiger partial charge in [-0.1, -0.05) is 66.7 Å². The molecule has 5 aromatic rings. The van der Waals surface area contributed by atoms with Crippen molar-refractivity contribution in [1.29, 1.82) is 0 Å². The molecule has 0 aliphatic carbocycles. The molecule has 0 amide bonds. The molecular weight excluding hydrogens is 490 g/mol. The number of nitrogens with zero attached hydrogens (tertiary/aromatic N) is 3. The van der Waals surface area contributed by atoms with Crippen molar-refractivity contribution in [1.82, 2.24) is 4.57 Å². The van der Waals surface area contributed by atoms with Crippen molar-refractivity contribution in [3.05, 3.63) is 119 Å². The number of hydrogen-bond donors (Lipinski definition) is 2. The maximum atomic E-state index is 11.6. The molecule has 0 atom stereocenters. The second-order valence-corrected chi connectivity index (χ2v) is 9.73. The summed E-state index contributed by atoms with van der Waals surface area (Å²) < 4.78 is 25.4. The van der Waals surface area contributed by atoms with Gasteiger partial charge in [0.25, 0.3) is 5.69 Å². The summed E-state index contributed by atoms with van der Waals surface area (Å²) in [5.41, 5.74) is 6.88. The first-order valence-electron chi connectivity index (χ1n) is 11.2. The van der Waals surface area contributed by atoms with E-state index in [0.717, 1.165) is 39.5 Å². The van der Waals surface area contributed by atoms with E-state index in [1.54, 1.807) is 6.21 Å². The van der Waals surface area contributed by atoms with Crippen LogP contribution in [0.1, 0.15) is 5.56 Å². The average molecular weight is 512 g/mol. The Labute approximate surface area is 212 Å². The van der Waals surface area contributed by atoms with E-state index in [2.05, 4.69) is 15.1 Å². The summed E-state index contributed by atoms with van der Waals surface area (Å²) >= 11 is 0. The zero-order valence-corrected chi connectivity index (χ0v) is 20.2. The van der Waals surface area contributed by atoms with Crippen LogP contribution in [0.15, 0.2) is 113 Å². The normalized spacial score (nSPS) is 11.7. The molecule has 3 N–H and O–H groups in total. The molecule has 0 unspecified atom stereocenters. The number of para-hydroxylation sites is 2.